The van der Waals surface area contributed by atoms with E-state index in [4.69, 9.17) is 11.6 Å². The number of amides is 1. The van der Waals surface area contributed by atoms with E-state index >= 15 is 0 Å². The Hall–Kier alpha value is -1.87. The maximum Gasteiger partial charge on any atom is 0.221 e. The molecule has 1 N–H and O–H groups in total. The third-order valence-corrected chi connectivity index (χ3v) is 4.81. The van der Waals surface area contributed by atoms with E-state index in [1.165, 1.54) is 6.07 Å². The summed E-state index contributed by atoms with van der Waals surface area (Å²) in [5.74, 6) is -0.292. The molecule has 23 heavy (non-hydrogen) atoms. The number of carbonyl (C=O) groups is 1. The van der Waals surface area contributed by atoms with Gasteiger partial charge >= 0.3 is 0 Å². The van der Waals surface area contributed by atoms with Crippen molar-refractivity contribution in [3.63, 3.8) is 0 Å². The molecule has 0 spiro atoms. The Balaban J connectivity index is 1.64. The summed E-state index contributed by atoms with van der Waals surface area (Å²) in [6, 6.07) is 14.2. The Morgan fingerprint density at radius 3 is 2.43 bits per heavy atom. The van der Waals surface area contributed by atoms with Gasteiger partial charge in [0, 0.05) is 11.4 Å². The van der Waals surface area contributed by atoms with Gasteiger partial charge in [-0.3, -0.25) is 4.79 Å². The Morgan fingerprint density at radius 1 is 1.13 bits per heavy atom. The van der Waals surface area contributed by atoms with Crippen LogP contribution in [0.1, 0.15) is 36.8 Å². The van der Waals surface area contributed by atoms with Crippen molar-refractivity contribution in [1.29, 1.82) is 0 Å². The summed E-state index contributed by atoms with van der Waals surface area (Å²) in [6.45, 7) is 0. The van der Waals surface area contributed by atoms with E-state index in [-0.39, 0.29) is 23.7 Å². The number of hydrogen-bond donors (Lipinski definition) is 1. The standard InChI is InChI=1S/C19H19ClFNO/c20-16-9-7-15(8-10-16)19(12-3-13-19)22-18(23)11-6-14-4-1-2-5-17(14)21/h1-2,4-5,7-10H,3,6,11-13H2,(H,22,23). The lowest BCUT2D eigenvalue weighted by molar-refractivity contribution is -0.124. The van der Waals surface area contributed by atoms with Gasteiger partial charge in [-0.1, -0.05) is 41.9 Å². The molecule has 0 unspecified atom stereocenters. The lowest BCUT2D eigenvalue weighted by Gasteiger charge is -2.43. The fourth-order valence-corrected chi connectivity index (χ4v) is 3.19. The first-order valence-corrected chi connectivity index (χ1v) is 8.27. The molecule has 0 heterocycles. The minimum atomic E-state index is -0.281. The molecule has 0 radical (unpaired) electrons. The van der Waals surface area contributed by atoms with E-state index in [2.05, 4.69) is 5.32 Å². The Kier molecular flexibility index (Phi) is 4.67. The maximum absolute atomic E-state index is 13.6. The normalized spacial score (nSPS) is 15.7. The second-order valence-corrected chi connectivity index (χ2v) is 6.52. The first-order chi connectivity index (χ1) is 11.1. The zero-order valence-electron chi connectivity index (χ0n) is 12.8. The number of carbonyl (C=O) groups excluding carboxylic acids is 1. The van der Waals surface area contributed by atoms with Gasteiger partial charge in [0.25, 0.3) is 0 Å². The van der Waals surface area contributed by atoms with E-state index in [1.807, 2.05) is 24.3 Å². The quantitative estimate of drug-likeness (QED) is 0.851. The summed E-state index contributed by atoms with van der Waals surface area (Å²) in [7, 11) is 0. The zero-order chi connectivity index (χ0) is 16.3. The summed E-state index contributed by atoms with van der Waals surface area (Å²) >= 11 is 5.94. The largest absolute Gasteiger partial charge is 0.347 e. The van der Waals surface area contributed by atoms with Crippen molar-refractivity contribution in [3.8, 4) is 0 Å². The molecule has 0 saturated heterocycles. The van der Waals surface area contributed by atoms with Crippen LogP contribution in [0.5, 0.6) is 0 Å². The van der Waals surface area contributed by atoms with Gasteiger partial charge in [0.15, 0.2) is 0 Å². The number of rotatable bonds is 5. The predicted molar refractivity (Wildman–Crippen MR) is 89.8 cm³/mol. The average molecular weight is 332 g/mol. The fraction of sp³-hybridized carbons (Fsp3) is 0.316. The molecule has 2 nitrogen and oxygen atoms in total. The molecular formula is C19H19ClFNO. The third kappa shape index (κ3) is 3.56. The van der Waals surface area contributed by atoms with Crippen LogP contribution < -0.4 is 5.32 Å². The molecule has 1 aliphatic carbocycles. The number of halogens is 2. The summed E-state index contributed by atoms with van der Waals surface area (Å²) in [5, 5.41) is 3.84. The van der Waals surface area contributed by atoms with Gasteiger partial charge in [-0.2, -0.15) is 0 Å². The highest BCUT2D eigenvalue weighted by atomic mass is 35.5. The van der Waals surface area contributed by atoms with Gasteiger partial charge in [-0.25, -0.2) is 4.39 Å². The van der Waals surface area contributed by atoms with E-state index in [0.29, 0.717) is 17.0 Å². The van der Waals surface area contributed by atoms with Crippen molar-refractivity contribution in [3.05, 3.63) is 70.5 Å². The average Bonchev–Trinajstić information content (AvgIpc) is 2.51. The molecule has 0 aliphatic heterocycles. The van der Waals surface area contributed by atoms with Gasteiger partial charge in [0.1, 0.15) is 5.82 Å². The summed E-state index contributed by atoms with van der Waals surface area (Å²) in [5.41, 5.74) is 1.39. The molecule has 2 aromatic carbocycles. The topological polar surface area (TPSA) is 29.1 Å². The van der Waals surface area contributed by atoms with Crippen LogP contribution in [0, 0.1) is 5.82 Å². The Bertz CT molecular complexity index is 695. The van der Waals surface area contributed by atoms with Crippen LogP contribution in [0.2, 0.25) is 5.02 Å². The molecule has 1 fully saturated rings. The first kappa shape index (κ1) is 16.0. The van der Waals surface area contributed by atoms with Crippen LogP contribution in [0.15, 0.2) is 48.5 Å². The Morgan fingerprint density at radius 2 is 1.83 bits per heavy atom. The van der Waals surface area contributed by atoms with Crippen LogP contribution in [-0.4, -0.2) is 5.91 Å². The van der Waals surface area contributed by atoms with Crippen molar-refractivity contribution in [2.45, 2.75) is 37.6 Å². The van der Waals surface area contributed by atoms with Crippen LogP contribution in [0.4, 0.5) is 4.39 Å². The minimum absolute atomic E-state index is 0.0390. The highest BCUT2D eigenvalue weighted by Gasteiger charge is 2.39. The molecule has 2 aromatic rings. The van der Waals surface area contributed by atoms with Crippen molar-refractivity contribution >= 4 is 17.5 Å². The lowest BCUT2D eigenvalue weighted by atomic mass is 9.71. The van der Waals surface area contributed by atoms with E-state index in [9.17, 15) is 9.18 Å². The first-order valence-electron chi connectivity index (χ1n) is 7.90. The summed E-state index contributed by atoms with van der Waals surface area (Å²) < 4.78 is 13.6. The fourth-order valence-electron chi connectivity index (χ4n) is 3.06. The van der Waals surface area contributed by atoms with Gasteiger partial charge in [0.2, 0.25) is 5.91 Å². The number of hydrogen-bond acceptors (Lipinski definition) is 1. The molecule has 1 amide bonds. The van der Waals surface area contributed by atoms with Gasteiger partial charge in [-0.05, 0) is 55.0 Å². The van der Waals surface area contributed by atoms with Crippen molar-refractivity contribution in [2.24, 2.45) is 0 Å². The van der Waals surface area contributed by atoms with Gasteiger partial charge in [-0.15, -0.1) is 0 Å². The monoisotopic (exact) mass is 331 g/mol. The van der Waals surface area contributed by atoms with E-state index in [1.54, 1.807) is 18.2 Å². The number of nitrogens with one attached hydrogen (secondary N) is 1. The molecule has 0 atom stereocenters. The predicted octanol–water partition coefficient (Wildman–Crippen LogP) is 4.61. The second kappa shape index (κ2) is 6.71. The van der Waals surface area contributed by atoms with E-state index in [0.717, 1.165) is 24.8 Å². The van der Waals surface area contributed by atoms with Crippen molar-refractivity contribution in [1.82, 2.24) is 5.32 Å². The minimum Gasteiger partial charge on any atom is -0.347 e. The highest BCUT2D eigenvalue weighted by Crippen LogP contribution is 2.41. The maximum atomic E-state index is 13.6. The van der Waals surface area contributed by atoms with Crippen LogP contribution >= 0.6 is 11.6 Å². The molecule has 1 saturated carbocycles. The lowest BCUT2D eigenvalue weighted by Crippen LogP contribution is -2.50. The smallest absolute Gasteiger partial charge is 0.221 e. The third-order valence-electron chi connectivity index (χ3n) is 4.56. The molecule has 0 bridgehead atoms. The summed E-state index contributed by atoms with van der Waals surface area (Å²) in [6.07, 6.45) is 3.65. The molecule has 120 valence electrons. The number of aryl methyl sites for hydroxylation is 1. The molecule has 0 aromatic heterocycles. The van der Waals surface area contributed by atoms with Gasteiger partial charge < -0.3 is 5.32 Å². The van der Waals surface area contributed by atoms with Crippen molar-refractivity contribution < 1.29 is 9.18 Å². The van der Waals surface area contributed by atoms with Gasteiger partial charge in [0.05, 0.1) is 5.54 Å². The van der Waals surface area contributed by atoms with Crippen LogP contribution in [0.3, 0.4) is 0 Å². The highest BCUT2D eigenvalue weighted by molar-refractivity contribution is 6.30. The molecule has 4 heteroatoms. The van der Waals surface area contributed by atoms with Crippen LogP contribution in [-0.2, 0) is 16.8 Å². The van der Waals surface area contributed by atoms with Crippen LogP contribution in [0.25, 0.3) is 0 Å². The van der Waals surface area contributed by atoms with Crippen molar-refractivity contribution in [2.75, 3.05) is 0 Å². The SMILES string of the molecule is O=C(CCc1ccccc1F)NC1(c2ccc(Cl)cc2)CCC1. The number of benzene rings is 2. The molecule has 3 rings (SSSR count). The summed E-state index contributed by atoms with van der Waals surface area (Å²) in [4.78, 5) is 12.3. The molecule has 1 aliphatic rings. The van der Waals surface area contributed by atoms with E-state index < -0.39 is 0 Å². The zero-order valence-corrected chi connectivity index (χ0v) is 13.6. The Labute approximate surface area is 140 Å². The molecular weight excluding hydrogens is 313 g/mol. The second-order valence-electron chi connectivity index (χ2n) is 6.08.